The number of halogens is 1. The summed E-state index contributed by atoms with van der Waals surface area (Å²) in [4.78, 5) is 19.1. The number of ether oxygens (including phenoxy) is 1. The fraction of sp³-hybridized carbons (Fsp3) is 0.579. The van der Waals surface area contributed by atoms with E-state index in [0.717, 1.165) is 51.6 Å². The molecular weight excluding hydrogens is 352 g/mol. The minimum atomic E-state index is -0.106. The highest BCUT2D eigenvalue weighted by molar-refractivity contribution is 6.30. The number of rotatable bonds is 5. The van der Waals surface area contributed by atoms with Crippen molar-refractivity contribution in [3.63, 3.8) is 0 Å². The van der Waals surface area contributed by atoms with Crippen LogP contribution in [0.4, 0.5) is 0 Å². The predicted octanol–water partition coefficient (Wildman–Crippen LogP) is 2.15. The van der Waals surface area contributed by atoms with Gasteiger partial charge in [0.25, 0.3) is 5.91 Å². The van der Waals surface area contributed by atoms with Gasteiger partial charge in [0.2, 0.25) is 0 Å². The zero-order valence-corrected chi connectivity index (χ0v) is 16.0. The van der Waals surface area contributed by atoms with Gasteiger partial charge in [0.1, 0.15) is 0 Å². The number of guanidine groups is 1. The lowest BCUT2D eigenvalue weighted by Crippen LogP contribution is -2.42. The molecule has 1 aromatic carbocycles. The van der Waals surface area contributed by atoms with Gasteiger partial charge in [-0.05, 0) is 44.0 Å². The lowest BCUT2D eigenvalue weighted by atomic mass is 9.87. The van der Waals surface area contributed by atoms with Crippen molar-refractivity contribution in [1.82, 2.24) is 15.5 Å². The Labute approximate surface area is 159 Å². The van der Waals surface area contributed by atoms with Gasteiger partial charge in [-0.3, -0.25) is 9.79 Å². The van der Waals surface area contributed by atoms with Crippen molar-refractivity contribution in [2.75, 3.05) is 45.9 Å². The van der Waals surface area contributed by atoms with E-state index in [1.807, 2.05) is 0 Å². The Hall–Kier alpha value is -1.79. The molecule has 0 aromatic heterocycles. The standard InChI is InChI=1S/C19H27ClN4O2/c1-2-21-18(24-11-7-19(13-24)8-12-26-14-19)23-10-9-22-17(25)15-3-5-16(20)6-4-15/h3-6H,2,7-14H2,1H3,(H,21,23)(H,22,25). The molecule has 1 atom stereocenters. The number of nitrogens with one attached hydrogen (secondary N) is 2. The van der Waals surface area contributed by atoms with Crippen molar-refractivity contribution in [1.29, 1.82) is 0 Å². The molecule has 0 radical (unpaired) electrons. The fourth-order valence-electron chi connectivity index (χ4n) is 3.55. The number of hydrogen-bond acceptors (Lipinski definition) is 3. The third-order valence-corrected chi connectivity index (χ3v) is 5.28. The molecule has 3 rings (SSSR count). The first-order chi connectivity index (χ1) is 12.6. The van der Waals surface area contributed by atoms with Crippen molar-refractivity contribution in [3.05, 3.63) is 34.9 Å². The molecule has 0 bridgehead atoms. The van der Waals surface area contributed by atoms with Gasteiger partial charge in [-0.2, -0.15) is 0 Å². The number of hydrogen-bond donors (Lipinski definition) is 2. The second-order valence-corrected chi connectivity index (χ2v) is 7.41. The zero-order valence-electron chi connectivity index (χ0n) is 15.3. The minimum absolute atomic E-state index is 0.106. The Bertz CT molecular complexity index is 641. The molecule has 2 fully saturated rings. The summed E-state index contributed by atoms with van der Waals surface area (Å²) in [5.74, 6) is 0.821. The molecule has 0 aliphatic carbocycles. The van der Waals surface area contributed by atoms with Crippen LogP contribution in [0.2, 0.25) is 5.02 Å². The van der Waals surface area contributed by atoms with Crippen molar-refractivity contribution < 1.29 is 9.53 Å². The number of carbonyl (C=O) groups excluding carboxylic acids is 1. The summed E-state index contributed by atoms with van der Waals surface area (Å²) in [6.45, 7) is 7.68. The molecule has 1 amide bonds. The normalized spacial score (nSPS) is 22.8. The summed E-state index contributed by atoms with van der Waals surface area (Å²) in [5, 5.41) is 6.89. The summed E-state index contributed by atoms with van der Waals surface area (Å²) in [6, 6.07) is 6.87. The average molecular weight is 379 g/mol. The summed E-state index contributed by atoms with van der Waals surface area (Å²) in [7, 11) is 0. The van der Waals surface area contributed by atoms with E-state index in [1.165, 1.54) is 0 Å². The Morgan fingerprint density at radius 1 is 1.31 bits per heavy atom. The molecule has 2 N–H and O–H groups in total. The van der Waals surface area contributed by atoms with Gasteiger partial charge in [-0.15, -0.1) is 0 Å². The van der Waals surface area contributed by atoms with E-state index >= 15 is 0 Å². The van der Waals surface area contributed by atoms with E-state index < -0.39 is 0 Å². The maximum absolute atomic E-state index is 12.1. The number of aliphatic imine (C=N–C) groups is 1. The average Bonchev–Trinajstić information content (AvgIpc) is 3.28. The van der Waals surface area contributed by atoms with Crippen LogP contribution in [0.3, 0.4) is 0 Å². The van der Waals surface area contributed by atoms with Gasteiger partial charge in [0.15, 0.2) is 5.96 Å². The number of carbonyl (C=O) groups is 1. The van der Waals surface area contributed by atoms with E-state index in [0.29, 0.717) is 29.1 Å². The van der Waals surface area contributed by atoms with Crippen molar-refractivity contribution >= 4 is 23.5 Å². The van der Waals surface area contributed by atoms with Crippen molar-refractivity contribution in [3.8, 4) is 0 Å². The van der Waals surface area contributed by atoms with E-state index in [2.05, 4.69) is 27.4 Å². The first-order valence-corrected chi connectivity index (χ1v) is 9.64. The minimum Gasteiger partial charge on any atom is -0.381 e. The van der Waals surface area contributed by atoms with E-state index in [1.54, 1.807) is 24.3 Å². The second kappa shape index (κ2) is 8.73. The molecule has 0 saturated carbocycles. The van der Waals surface area contributed by atoms with Gasteiger partial charge in [-0.1, -0.05) is 11.6 Å². The van der Waals surface area contributed by atoms with Gasteiger partial charge < -0.3 is 20.3 Å². The quantitative estimate of drug-likeness (QED) is 0.468. The molecule has 2 aliphatic rings. The largest absolute Gasteiger partial charge is 0.381 e. The molecule has 2 heterocycles. The molecule has 1 aromatic rings. The van der Waals surface area contributed by atoms with Gasteiger partial charge in [-0.25, -0.2) is 0 Å². The van der Waals surface area contributed by atoms with Crippen LogP contribution in [0, 0.1) is 5.41 Å². The van der Waals surface area contributed by atoms with Crippen LogP contribution in [-0.2, 0) is 4.74 Å². The molecule has 2 saturated heterocycles. The zero-order chi connectivity index (χ0) is 18.4. The monoisotopic (exact) mass is 378 g/mol. The highest BCUT2D eigenvalue weighted by Crippen LogP contribution is 2.38. The molecule has 26 heavy (non-hydrogen) atoms. The van der Waals surface area contributed by atoms with Crippen molar-refractivity contribution in [2.24, 2.45) is 10.4 Å². The third kappa shape index (κ3) is 4.68. The highest BCUT2D eigenvalue weighted by atomic mass is 35.5. The lowest BCUT2D eigenvalue weighted by molar-refractivity contribution is 0.0955. The van der Waals surface area contributed by atoms with Gasteiger partial charge in [0, 0.05) is 48.8 Å². The van der Waals surface area contributed by atoms with Gasteiger partial charge in [0.05, 0.1) is 13.2 Å². The lowest BCUT2D eigenvalue weighted by Gasteiger charge is -2.25. The molecule has 6 nitrogen and oxygen atoms in total. The van der Waals surface area contributed by atoms with Crippen LogP contribution in [0.15, 0.2) is 29.3 Å². The smallest absolute Gasteiger partial charge is 0.251 e. The molecule has 2 aliphatic heterocycles. The Morgan fingerprint density at radius 3 is 2.81 bits per heavy atom. The van der Waals surface area contributed by atoms with Crippen molar-refractivity contribution in [2.45, 2.75) is 19.8 Å². The van der Waals surface area contributed by atoms with E-state index in [-0.39, 0.29) is 5.91 Å². The van der Waals surface area contributed by atoms with Crippen LogP contribution in [-0.4, -0.2) is 62.7 Å². The number of nitrogens with zero attached hydrogens (tertiary/aromatic N) is 2. The first-order valence-electron chi connectivity index (χ1n) is 9.27. The Balaban J connectivity index is 1.50. The summed E-state index contributed by atoms with van der Waals surface area (Å²) in [5.41, 5.74) is 0.909. The van der Waals surface area contributed by atoms with Crippen LogP contribution in [0.1, 0.15) is 30.1 Å². The van der Waals surface area contributed by atoms with E-state index in [4.69, 9.17) is 16.3 Å². The molecule has 7 heteroatoms. The first kappa shape index (κ1) is 19.0. The summed E-state index contributed by atoms with van der Waals surface area (Å²) >= 11 is 5.85. The molecule has 1 unspecified atom stereocenters. The SMILES string of the molecule is CCNC(=NCCNC(=O)c1ccc(Cl)cc1)N1CCC2(CCOC2)C1. The number of amides is 1. The van der Waals surface area contributed by atoms with Crippen LogP contribution >= 0.6 is 11.6 Å². The highest BCUT2D eigenvalue weighted by Gasteiger charge is 2.42. The predicted molar refractivity (Wildman–Crippen MR) is 104 cm³/mol. The van der Waals surface area contributed by atoms with Crippen LogP contribution in [0.5, 0.6) is 0 Å². The Morgan fingerprint density at radius 2 is 2.12 bits per heavy atom. The number of benzene rings is 1. The van der Waals surface area contributed by atoms with Crippen LogP contribution < -0.4 is 10.6 Å². The van der Waals surface area contributed by atoms with Crippen LogP contribution in [0.25, 0.3) is 0 Å². The molecule has 142 valence electrons. The molecular formula is C19H27ClN4O2. The summed E-state index contributed by atoms with van der Waals surface area (Å²) < 4.78 is 5.60. The Kier molecular flexibility index (Phi) is 6.38. The fourth-order valence-corrected chi connectivity index (χ4v) is 3.67. The maximum Gasteiger partial charge on any atom is 0.251 e. The maximum atomic E-state index is 12.1. The third-order valence-electron chi connectivity index (χ3n) is 5.02. The molecule has 1 spiro atoms. The van der Waals surface area contributed by atoms with Gasteiger partial charge >= 0.3 is 0 Å². The number of likely N-dealkylation sites (tertiary alicyclic amines) is 1. The summed E-state index contributed by atoms with van der Waals surface area (Å²) in [6.07, 6.45) is 2.30. The van der Waals surface area contributed by atoms with E-state index in [9.17, 15) is 4.79 Å². The second-order valence-electron chi connectivity index (χ2n) is 6.97. The topological polar surface area (TPSA) is 66.0 Å².